The Morgan fingerprint density at radius 1 is 0.882 bits per heavy atom. The SMILES string of the molecule is C=CC#[C][Sn]([CH2]CCC)([CH2]CCC)[CH2]CCC. The van der Waals surface area contributed by atoms with Crippen LogP contribution in [-0.2, 0) is 0 Å². The summed E-state index contributed by atoms with van der Waals surface area (Å²) in [5.74, 6) is 3.22. The second-order valence-corrected chi connectivity index (χ2v) is 17.4. The molecule has 17 heavy (non-hydrogen) atoms. The molecule has 0 bridgehead atoms. The van der Waals surface area contributed by atoms with E-state index in [1.807, 2.05) is 0 Å². The predicted octanol–water partition coefficient (Wildman–Crippen LogP) is 5.56. The minimum absolute atomic E-state index is 1.33. The molecule has 0 spiro atoms. The van der Waals surface area contributed by atoms with Crippen LogP contribution in [-0.4, -0.2) is 18.4 Å². The Morgan fingerprint density at radius 3 is 1.59 bits per heavy atom. The van der Waals surface area contributed by atoms with Crippen molar-refractivity contribution >= 4 is 18.4 Å². The molecule has 0 fully saturated rings. The van der Waals surface area contributed by atoms with Gasteiger partial charge in [0.05, 0.1) is 0 Å². The van der Waals surface area contributed by atoms with Crippen molar-refractivity contribution in [3.05, 3.63) is 12.7 Å². The molecule has 0 N–H and O–H groups in total. The summed E-state index contributed by atoms with van der Waals surface area (Å²) in [5, 5.41) is 0. The van der Waals surface area contributed by atoms with E-state index in [1.165, 1.54) is 51.8 Å². The molecule has 0 radical (unpaired) electrons. The molecule has 0 aromatic heterocycles. The topological polar surface area (TPSA) is 0 Å². The monoisotopic (exact) mass is 342 g/mol. The van der Waals surface area contributed by atoms with Crippen molar-refractivity contribution in [2.24, 2.45) is 0 Å². The third-order valence-electron chi connectivity index (χ3n) is 3.47. The molecule has 0 saturated heterocycles. The Balaban J connectivity index is 4.69. The van der Waals surface area contributed by atoms with Crippen LogP contribution in [0.2, 0.25) is 13.3 Å². The van der Waals surface area contributed by atoms with Crippen molar-refractivity contribution in [1.82, 2.24) is 0 Å². The van der Waals surface area contributed by atoms with Gasteiger partial charge in [-0.05, 0) is 0 Å². The molecule has 98 valence electrons. The van der Waals surface area contributed by atoms with Crippen LogP contribution in [0.5, 0.6) is 0 Å². The van der Waals surface area contributed by atoms with Gasteiger partial charge < -0.3 is 0 Å². The Kier molecular flexibility index (Phi) is 11.3. The Hall–Kier alpha value is 0.0987. The normalized spacial score (nSPS) is 10.8. The summed E-state index contributed by atoms with van der Waals surface area (Å²) in [6, 6.07) is 0. The molecule has 0 atom stereocenters. The Bertz CT molecular complexity index is 222. The second kappa shape index (κ2) is 11.2. The minimum atomic E-state index is -2.12. The Morgan fingerprint density at radius 2 is 1.29 bits per heavy atom. The predicted molar refractivity (Wildman–Crippen MR) is 82.9 cm³/mol. The van der Waals surface area contributed by atoms with Crippen LogP contribution < -0.4 is 0 Å². The zero-order chi connectivity index (χ0) is 13.0. The van der Waals surface area contributed by atoms with Crippen LogP contribution in [0.4, 0.5) is 0 Å². The first-order valence-corrected chi connectivity index (χ1v) is 14.9. The average molecular weight is 341 g/mol. The maximum atomic E-state index is 3.76. The van der Waals surface area contributed by atoms with E-state index in [1.54, 1.807) is 6.08 Å². The van der Waals surface area contributed by atoms with E-state index >= 15 is 0 Å². The molecule has 0 nitrogen and oxygen atoms in total. The first-order chi connectivity index (χ1) is 8.24. The van der Waals surface area contributed by atoms with Crippen LogP contribution in [0.3, 0.4) is 0 Å². The van der Waals surface area contributed by atoms with Crippen molar-refractivity contribution in [2.75, 3.05) is 0 Å². The summed E-state index contributed by atoms with van der Waals surface area (Å²) in [6.45, 7) is 10.7. The third kappa shape index (κ3) is 7.92. The molecule has 1 heteroatoms. The van der Waals surface area contributed by atoms with Gasteiger partial charge in [-0.3, -0.25) is 0 Å². The van der Waals surface area contributed by atoms with E-state index < -0.39 is 18.4 Å². The molecule has 0 unspecified atom stereocenters. The van der Waals surface area contributed by atoms with Gasteiger partial charge in [-0.2, -0.15) is 0 Å². The van der Waals surface area contributed by atoms with E-state index in [9.17, 15) is 0 Å². The molecule has 0 aromatic carbocycles. The summed E-state index contributed by atoms with van der Waals surface area (Å²) in [6.07, 6.45) is 9.97. The average Bonchev–Trinajstić information content (AvgIpc) is 2.37. The van der Waals surface area contributed by atoms with Crippen molar-refractivity contribution in [2.45, 2.75) is 72.6 Å². The molecule has 0 aliphatic heterocycles. The maximum absolute atomic E-state index is 3.76. The van der Waals surface area contributed by atoms with Crippen molar-refractivity contribution in [3.8, 4) is 9.86 Å². The number of hydrogen-bond donors (Lipinski definition) is 0. The number of rotatable bonds is 9. The Labute approximate surface area is 113 Å². The van der Waals surface area contributed by atoms with Gasteiger partial charge in [0.25, 0.3) is 0 Å². The second-order valence-electron chi connectivity index (χ2n) is 5.06. The molecular weight excluding hydrogens is 311 g/mol. The zero-order valence-corrected chi connectivity index (χ0v) is 15.0. The molecule has 0 amide bonds. The van der Waals surface area contributed by atoms with Gasteiger partial charge in [-0.15, -0.1) is 0 Å². The van der Waals surface area contributed by atoms with Crippen molar-refractivity contribution in [3.63, 3.8) is 0 Å². The summed E-state index contributed by atoms with van der Waals surface area (Å²) in [7, 11) is 0. The van der Waals surface area contributed by atoms with Gasteiger partial charge in [-0.1, -0.05) is 0 Å². The van der Waals surface area contributed by atoms with Gasteiger partial charge in [-0.25, -0.2) is 0 Å². The fourth-order valence-corrected chi connectivity index (χ4v) is 15.5. The fraction of sp³-hybridized carbons (Fsp3) is 0.750. The fourth-order valence-electron chi connectivity index (χ4n) is 2.31. The summed E-state index contributed by atoms with van der Waals surface area (Å²) >= 11 is -2.12. The van der Waals surface area contributed by atoms with Crippen LogP contribution in [0, 0.1) is 9.86 Å². The van der Waals surface area contributed by atoms with Crippen LogP contribution in [0.1, 0.15) is 59.3 Å². The van der Waals surface area contributed by atoms with Gasteiger partial charge in [0.2, 0.25) is 0 Å². The molecule has 0 aliphatic carbocycles. The van der Waals surface area contributed by atoms with Gasteiger partial charge in [0.15, 0.2) is 0 Å². The zero-order valence-electron chi connectivity index (χ0n) is 12.1. The third-order valence-corrected chi connectivity index (χ3v) is 16.6. The van der Waals surface area contributed by atoms with E-state index in [4.69, 9.17) is 0 Å². The quantitative estimate of drug-likeness (QED) is 0.380. The van der Waals surface area contributed by atoms with E-state index in [2.05, 4.69) is 37.2 Å². The summed E-state index contributed by atoms with van der Waals surface area (Å²) in [4.78, 5) is 0. The molecule has 0 heterocycles. The van der Waals surface area contributed by atoms with Crippen molar-refractivity contribution in [1.29, 1.82) is 0 Å². The number of allylic oxidation sites excluding steroid dienone is 1. The summed E-state index contributed by atoms with van der Waals surface area (Å²) < 4.78 is 8.16. The standard InChI is InChI=1S/3C4H9.C4H3.Sn/c4*1-3-4-2;/h3*1,3-4H2,2H3;3H,1H2;. The van der Waals surface area contributed by atoms with E-state index in [0.29, 0.717) is 0 Å². The van der Waals surface area contributed by atoms with Gasteiger partial charge >= 0.3 is 113 Å². The van der Waals surface area contributed by atoms with Crippen LogP contribution in [0.15, 0.2) is 12.7 Å². The molecule has 0 aliphatic rings. The first-order valence-electron chi connectivity index (χ1n) is 7.38. The molecule has 0 saturated carbocycles. The molecular formula is C16H30Sn. The molecule has 0 rings (SSSR count). The number of hydrogen-bond acceptors (Lipinski definition) is 0. The van der Waals surface area contributed by atoms with Crippen LogP contribution in [0.25, 0.3) is 0 Å². The first kappa shape index (κ1) is 17.1. The molecule has 0 aromatic rings. The summed E-state index contributed by atoms with van der Waals surface area (Å²) in [5.41, 5.74) is 0. The van der Waals surface area contributed by atoms with E-state index in [-0.39, 0.29) is 0 Å². The van der Waals surface area contributed by atoms with Gasteiger partial charge in [0, 0.05) is 0 Å². The number of unbranched alkanes of at least 4 members (excludes halogenated alkanes) is 3. The van der Waals surface area contributed by atoms with Crippen LogP contribution >= 0.6 is 0 Å². The van der Waals surface area contributed by atoms with Crippen molar-refractivity contribution < 1.29 is 0 Å². The van der Waals surface area contributed by atoms with E-state index in [0.717, 1.165) is 0 Å². The van der Waals surface area contributed by atoms with Gasteiger partial charge in [0.1, 0.15) is 0 Å².